The quantitative estimate of drug-likeness (QED) is 0.189. The standard InChI is InChI=1S/C30H25N3O8/c31-28(39)23-20(34)12-16-11-15-10-14-8-9-19(24(35)21(14)25(36)22(15)26(37)30(16,41)27(23)38)33-29(40)32-18-7-3-5-13-4-1-2-6-17(13)18/h1-9,15-16,35-36,38,41H,10-12H2,(H2,31,39)(H2,32,33,40). The summed E-state index contributed by atoms with van der Waals surface area (Å²) >= 11 is 0. The van der Waals surface area contributed by atoms with Gasteiger partial charge in [-0.3, -0.25) is 14.4 Å². The molecule has 3 aromatic carbocycles. The molecule has 0 radical (unpaired) electrons. The highest BCUT2D eigenvalue weighted by atomic mass is 16.3. The Balaban J connectivity index is 1.35. The number of benzene rings is 3. The number of aromatic hydroxyl groups is 1. The first-order valence-electron chi connectivity index (χ1n) is 12.9. The topological polar surface area (TPSA) is 199 Å². The second-order valence-electron chi connectivity index (χ2n) is 10.5. The van der Waals surface area contributed by atoms with E-state index in [0.717, 1.165) is 10.8 Å². The number of aliphatic hydroxyl groups excluding tert-OH is 2. The molecule has 41 heavy (non-hydrogen) atoms. The Morgan fingerprint density at radius 2 is 1.61 bits per heavy atom. The number of aliphatic hydroxyl groups is 3. The lowest BCUT2D eigenvalue weighted by atomic mass is 9.59. The van der Waals surface area contributed by atoms with Gasteiger partial charge in [0.15, 0.2) is 11.4 Å². The molecule has 3 aromatic rings. The van der Waals surface area contributed by atoms with E-state index >= 15 is 0 Å². The Hall–Kier alpha value is -5.16. The zero-order valence-electron chi connectivity index (χ0n) is 21.5. The van der Waals surface area contributed by atoms with Crippen molar-refractivity contribution in [1.82, 2.24) is 0 Å². The maximum atomic E-state index is 13.6. The molecular weight excluding hydrogens is 530 g/mol. The van der Waals surface area contributed by atoms with Gasteiger partial charge in [0.25, 0.3) is 5.91 Å². The van der Waals surface area contributed by atoms with Crippen LogP contribution in [0.25, 0.3) is 16.5 Å². The summed E-state index contributed by atoms with van der Waals surface area (Å²) in [5.74, 6) is -7.09. The first-order valence-corrected chi connectivity index (χ1v) is 12.9. The maximum Gasteiger partial charge on any atom is 0.323 e. The van der Waals surface area contributed by atoms with Gasteiger partial charge in [-0.05, 0) is 41.8 Å². The molecule has 208 valence electrons. The van der Waals surface area contributed by atoms with Crippen LogP contribution >= 0.6 is 0 Å². The van der Waals surface area contributed by atoms with Gasteiger partial charge in [0, 0.05) is 23.3 Å². The van der Waals surface area contributed by atoms with Crippen molar-refractivity contribution in [1.29, 1.82) is 0 Å². The molecule has 0 heterocycles. The number of nitrogens with one attached hydrogen (secondary N) is 2. The van der Waals surface area contributed by atoms with E-state index in [4.69, 9.17) is 5.73 Å². The molecule has 3 atom stereocenters. The van der Waals surface area contributed by atoms with E-state index in [0.29, 0.717) is 11.3 Å². The van der Waals surface area contributed by atoms with E-state index in [1.54, 1.807) is 18.2 Å². The van der Waals surface area contributed by atoms with Crippen LogP contribution < -0.4 is 16.4 Å². The highest BCUT2D eigenvalue weighted by molar-refractivity contribution is 6.22. The summed E-state index contributed by atoms with van der Waals surface area (Å²) < 4.78 is 0. The Morgan fingerprint density at radius 3 is 2.37 bits per heavy atom. The minimum absolute atomic E-state index is 0.0388. The van der Waals surface area contributed by atoms with Crippen LogP contribution in [0.2, 0.25) is 0 Å². The van der Waals surface area contributed by atoms with Crippen molar-refractivity contribution in [2.75, 3.05) is 10.6 Å². The number of amides is 3. The average Bonchev–Trinajstić information content (AvgIpc) is 2.92. The third-order valence-corrected chi connectivity index (χ3v) is 8.22. The Kier molecular flexibility index (Phi) is 5.86. The second kappa shape index (κ2) is 9.20. The molecular formula is C30H25N3O8. The van der Waals surface area contributed by atoms with Gasteiger partial charge in [0.1, 0.15) is 22.8 Å². The first-order chi connectivity index (χ1) is 19.5. The summed E-state index contributed by atoms with van der Waals surface area (Å²) in [6.07, 6.45) is -0.177. The molecule has 3 aliphatic rings. The fourth-order valence-electron chi connectivity index (χ4n) is 6.31. The number of carbonyl (C=O) groups excluding carboxylic acids is 4. The van der Waals surface area contributed by atoms with Gasteiger partial charge in [-0.15, -0.1) is 0 Å². The molecule has 6 rings (SSSR count). The summed E-state index contributed by atoms with van der Waals surface area (Å²) in [6, 6.07) is 15.3. The highest BCUT2D eigenvalue weighted by Gasteiger charge is 2.60. The zero-order valence-corrected chi connectivity index (χ0v) is 21.5. The number of nitrogens with two attached hydrogens (primary N) is 1. The molecule has 0 bridgehead atoms. The lowest BCUT2D eigenvalue weighted by Gasteiger charge is -2.46. The Labute approximate surface area is 232 Å². The molecule has 8 N–H and O–H groups in total. The van der Waals surface area contributed by atoms with Gasteiger partial charge in [-0.2, -0.15) is 0 Å². The highest BCUT2D eigenvalue weighted by Crippen LogP contribution is 2.52. The van der Waals surface area contributed by atoms with Gasteiger partial charge in [-0.1, -0.05) is 42.5 Å². The van der Waals surface area contributed by atoms with Crippen LogP contribution in [-0.4, -0.2) is 49.5 Å². The number of primary amides is 1. The predicted molar refractivity (Wildman–Crippen MR) is 148 cm³/mol. The average molecular weight is 556 g/mol. The minimum atomic E-state index is -2.64. The normalized spacial score (nSPS) is 23.5. The van der Waals surface area contributed by atoms with Crippen LogP contribution in [0.5, 0.6) is 5.75 Å². The number of Topliss-reactive ketones (excluding diaryl/α,β-unsaturated/α-hetero) is 2. The number of anilines is 2. The van der Waals surface area contributed by atoms with Crippen LogP contribution in [-0.2, 0) is 20.8 Å². The number of hydrogen-bond acceptors (Lipinski definition) is 8. The third kappa shape index (κ3) is 3.85. The van der Waals surface area contributed by atoms with Crippen molar-refractivity contribution in [2.24, 2.45) is 17.6 Å². The first kappa shape index (κ1) is 26.1. The molecule has 0 saturated heterocycles. The van der Waals surface area contributed by atoms with E-state index in [-0.39, 0.29) is 36.1 Å². The number of ketones is 2. The van der Waals surface area contributed by atoms with Crippen LogP contribution in [0, 0.1) is 11.8 Å². The maximum absolute atomic E-state index is 13.6. The van der Waals surface area contributed by atoms with Gasteiger partial charge < -0.3 is 36.8 Å². The smallest absolute Gasteiger partial charge is 0.323 e. The molecule has 11 heteroatoms. The molecule has 3 unspecified atom stereocenters. The summed E-state index contributed by atoms with van der Waals surface area (Å²) in [7, 11) is 0. The monoisotopic (exact) mass is 555 g/mol. The van der Waals surface area contributed by atoms with E-state index in [9.17, 15) is 39.6 Å². The van der Waals surface area contributed by atoms with Crippen LogP contribution in [0.4, 0.5) is 16.2 Å². The number of rotatable bonds is 3. The lowest BCUT2D eigenvalue weighted by molar-refractivity contribution is -0.147. The SMILES string of the molecule is NC(=O)C1=C(O)C2(O)C(=O)C3=C(O)c4c(ccc(NC(=O)Nc5cccc6ccccc56)c4O)CC3CC2CC1=O. The molecule has 1 fully saturated rings. The Morgan fingerprint density at radius 1 is 0.902 bits per heavy atom. The molecule has 0 aromatic heterocycles. The molecule has 1 saturated carbocycles. The fraction of sp³-hybridized carbons (Fsp3) is 0.200. The minimum Gasteiger partial charge on any atom is -0.508 e. The zero-order chi connectivity index (χ0) is 29.2. The van der Waals surface area contributed by atoms with E-state index in [1.807, 2.05) is 30.3 Å². The van der Waals surface area contributed by atoms with E-state index in [1.165, 1.54) is 6.07 Å². The molecule has 11 nitrogen and oxygen atoms in total. The molecule has 0 spiro atoms. The number of fused-ring (bicyclic) bond motifs is 4. The summed E-state index contributed by atoms with van der Waals surface area (Å²) in [5, 5.41) is 51.4. The fourth-order valence-corrected chi connectivity index (χ4v) is 6.31. The third-order valence-electron chi connectivity index (χ3n) is 8.22. The van der Waals surface area contributed by atoms with E-state index in [2.05, 4.69) is 10.6 Å². The number of urea groups is 1. The molecule has 3 aliphatic carbocycles. The number of carbonyl (C=O) groups is 4. The van der Waals surface area contributed by atoms with E-state index < -0.39 is 63.8 Å². The Bertz CT molecular complexity index is 1770. The van der Waals surface area contributed by atoms with Crippen molar-refractivity contribution < 1.29 is 39.6 Å². The predicted octanol–water partition coefficient (Wildman–Crippen LogP) is 3.22. The van der Waals surface area contributed by atoms with Gasteiger partial charge >= 0.3 is 6.03 Å². The largest absolute Gasteiger partial charge is 0.508 e. The van der Waals surface area contributed by atoms with Gasteiger partial charge in [0.2, 0.25) is 5.78 Å². The van der Waals surface area contributed by atoms with Gasteiger partial charge in [-0.25, -0.2) is 4.79 Å². The summed E-state index contributed by atoms with van der Waals surface area (Å²) in [5.41, 5.74) is 2.33. The number of hydrogen-bond donors (Lipinski definition) is 7. The van der Waals surface area contributed by atoms with Crippen molar-refractivity contribution in [3.05, 3.63) is 82.6 Å². The van der Waals surface area contributed by atoms with Crippen LogP contribution in [0.1, 0.15) is 24.0 Å². The van der Waals surface area contributed by atoms with Crippen molar-refractivity contribution in [3.8, 4) is 5.75 Å². The van der Waals surface area contributed by atoms with Crippen LogP contribution in [0.15, 0.2) is 71.5 Å². The second-order valence-corrected chi connectivity index (χ2v) is 10.5. The van der Waals surface area contributed by atoms with Crippen molar-refractivity contribution in [3.63, 3.8) is 0 Å². The van der Waals surface area contributed by atoms with Gasteiger partial charge in [0.05, 0.1) is 16.9 Å². The summed E-state index contributed by atoms with van der Waals surface area (Å²) in [4.78, 5) is 50.7. The molecule has 3 amide bonds. The number of phenolic OH excluding ortho intramolecular Hbond substituents is 1. The lowest BCUT2D eigenvalue weighted by Crippen LogP contribution is -2.58. The summed E-state index contributed by atoms with van der Waals surface area (Å²) in [6.45, 7) is 0. The van der Waals surface area contributed by atoms with Crippen molar-refractivity contribution in [2.45, 2.75) is 24.9 Å². The number of phenols is 1. The molecule has 0 aliphatic heterocycles. The van der Waals surface area contributed by atoms with Crippen molar-refractivity contribution >= 4 is 51.4 Å². The van der Waals surface area contributed by atoms with Crippen LogP contribution in [0.3, 0.4) is 0 Å².